The van der Waals surface area contributed by atoms with E-state index < -0.39 is 7.15 Å². The topological polar surface area (TPSA) is 15.3 Å². The second kappa shape index (κ2) is 16.3. The lowest BCUT2D eigenvalue weighted by Crippen LogP contribution is -2.29. The van der Waals surface area contributed by atoms with E-state index in [1.807, 2.05) is 18.2 Å². The molecule has 0 saturated carbocycles. The fraction of sp³-hybridized carbons (Fsp3) is 0.314. The summed E-state index contributed by atoms with van der Waals surface area (Å²) in [5.41, 5.74) is 10.2. The summed E-state index contributed by atoms with van der Waals surface area (Å²) in [4.78, 5) is 2.49. The van der Waals surface area contributed by atoms with Gasteiger partial charge in [-0.1, -0.05) is 91.6 Å². The lowest BCUT2D eigenvalue weighted by Gasteiger charge is -2.33. The minimum atomic E-state index is -1.00. The van der Waals surface area contributed by atoms with Crippen molar-refractivity contribution in [2.75, 3.05) is 17.4 Å². The number of nitrogens with zero attached hydrogens (tertiary/aromatic N) is 1. The molecule has 0 spiro atoms. The zero-order valence-corrected chi connectivity index (χ0v) is 24.0. The van der Waals surface area contributed by atoms with Gasteiger partial charge in [0.25, 0.3) is 0 Å². The van der Waals surface area contributed by atoms with Crippen LogP contribution in [0.5, 0.6) is 0 Å². The summed E-state index contributed by atoms with van der Waals surface area (Å²) < 4.78 is 15.5. The first kappa shape index (κ1) is 29.0. The maximum Gasteiger partial charge on any atom is 0.0785 e. The number of alkyl halides is 1. The van der Waals surface area contributed by atoms with Crippen molar-refractivity contribution in [3.8, 4) is 0 Å². The number of anilines is 4. The van der Waals surface area contributed by atoms with E-state index in [0.29, 0.717) is 6.04 Å². The van der Waals surface area contributed by atoms with Gasteiger partial charge in [0.1, 0.15) is 0 Å². The molecule has 1 unspecified atom stereocenters. The van der Waals surface area contributed by atoms with Gasteiger partial charge in [-0.25, -0.2) is 0 Å². The maximum atomic E-state index is 9.96. The van der Waals surface area contributed by atoms with Crippen LogP contribution in [0.3, 0.4) is 0 Å². The smallest absolute Gasteiger partial charge is 0.0785 e. The summed E-state index contributed by atoms with van der Waals surface area (Å²) in [6, 6.07) is 34.7. The first-order chi connectivity index (χ1) is 18.8. The molecule has 3 heteroatoms. The minimum Gasteiger partial charge on any atom is -0.355 e. The van der Waals surface area contributed by atoms with E-state index >= 15 is 0 Å². The van der Waals surface area contributed by atoms with Crippen molar-refractivity contribution < 1.29 is 5.76 Å². The number of aryl methyl sites for hydroxylation is 4. The zero-order chi connectivity index (χ0) is 28.6. The molecule has 0 aromatic heterocycles. The number of halogens is 1. The number of benzene rings is 4. The maximum absolute atomic E-state index is 9.96. The highest BCUT2D eigenvalue weighted by molar-refractivity contribution is 5.67. The minimum absolute atomic E-state index is 0.508. The van der Waals surface area contributed by atoms with Gasteiger partial charge in [0.15, 0.2) is 0 Å². The molecule has 0 fully saturated rings. The van der Waals surface area contributed by atoms with Gasteiger partial charge in [-0.05, 0) is 88.6 Å². The van der Waals surface area contributed by atoms with Gasteiger partial charge in [-0.3, -0.25) is 4.39 Å². The fourth-order valence-electron chi connectivity index (χ4n) is 4.55. The van der Waals surface area contributed by atoms with Crippen LogP contribution < -0.4 is 10.2 Å². The van der Waals surface area contributed by atoms with E-state index in [1.165, 1.54) is 58.6 Å². The molecule has 0 amide bonds. The molecule has 0 saturated heterocycles. The predicted octanol–water partition coefficient (Wildman–Crippen LogP) is 10.7. The highest BCUT2D eigenvalue weighted by Crippen LogP contribution is 2.32. The van der Waals surface area contributed by atoms with E-state index in [0.717, 1.165) is 5.69 Å². The zero-order valence-electron chi connectivity index (χ0n) is 25.0. The van der Waals surface area contributed by atoms with Crippen molar-refractivity contribution in [2.45, 2.75) is 66.8 Å². The third-order valence-corrected chi connectivity index (χ3v) is 6.50. The third-order valence-electron chi connectivity index (χ3n) is 6.50. The Labute approximate surface area is 232 Å². The highest BCUT2D eigenvalue weighted by Gasteiger charge is 2.17. The van der Waals surface area contributed by atoms with E-state index in [4.69, 9.17) is 1.37 Å². The van der Waals surface area contributed by atoms with Crippen LogP contribution in [0.1, 0.15) is 56.7 Å². The Morgan fingerprint density at radius 1 is 0.789 bits per heavy atom. The van der Waals surface area contributed by atoms with Crippen LogP contribution in [0.2, 0.25) is 0 Å². The molecule has 0 aliphatic rings. The summed E-state index contributed by atoms with van der Waals surface area (Å²) in [7, 11) is -1.00. The average molecular weight is 514 g/mol. The summed E-state index contributed by atoms with van der Waals surface area (Å²) in [5, 5.41) is 3.40. The van der Waals surface area contributed by atoms with E-state index in [1.54, 1.807) is 0 Å². The Balaban J connectivity index is 0.000000259. The van der Waals surface area contributed by atoms with Crippen LogP contribution >= 0.6 is 0 Å². The lowest BCUT2D eigenvalue weighted by atomic mass is 10.0. The Morgan fingerprint density at radius 2 is 1.34 bits per heavy atom. The molecule has 2 nitrogen and oxygen atoms in total. The molecule has 38 heavy (non-hydrogen) atoms. The monoisotopic (exact) mass is 513 g/mol. The molecule has 1 atom stereocenters. The van der Waals surface area contributed by atoms with Crippen LogP contribution in [-0.4, -0.2) is 13.2 Å². The molecule has 0 radical (unpaired) electrons. The van der Waals surface area contributed by atoms with Gasteiger partial charge in [-0.15, -0.1) is 0 Å². The summed E-state index contributed by atoms with van der Waals surface area (Å²) in [6.07, 6.45) is 3.74. The van der Waals surface area contributed by atoms with Crippen LogP contribution in [0, 0.1) is 27.7 Å². The summed E-state index contributed by atoms with van der Waals surface area (Å²) in [6.45, 7) is 13.2. The highest BCUT2D eigenvalue weighted by atomic mass is 19.1. The molecule has 0 heterocycles. The standard InChI is InChI=1S/C20H27N.C14H15N.CH3F/c1-5-6-10-18(4)21(19-11-8-7-9-12-19)20-14-13-16(2)15-17(20)3;1-11-8-9-14(12(2)10-11)15-13-6-4-3-5-7-13;1-2/h7-9,11-15,18H,5-6,10H2,1-4H3;3-10,15H,1-2H3;1H3/i;;1D. The molecule has 4 rings (SSSR count). The van der Waals surface area contributed by atoms with Crippen molar-refractivity contribution >= 4 is 22.7 Å². The van der Waals surface area contributed by atoms with Gasteiger partial charge in [0, 0.05) is 28.8 Å². The van der Waals surface area contributed by atoms with Crippen LogP contribution in [0.25, 0.3) is 0 Å². The number of hydrogen-bond donors (Lipinski definition) is 1. The Hall–Kier alpha value is -3.59. The van der Waals surface area contributed by atoms with Gasteiger partial charge in [-0.2, -0.15) is 0 Å². The third kappa shape index (κ3) is 9.37. The largest absolute Gasteiger partial charge is 0.355 e. The fourth-order valence-corrected chi connectivity index (χ4v) is 4.55. The van der Waals surface area contributed by atoms with E-state index in [9.17, 15) is 4.39 Å². The van der Waals surface area contributed by atoms with Crippen LogP contribution in [0.4, 0.5) is 27.1 Å². The first-order valence-corrected chi connectivity index (χ1v) is 13.5. The van der Waals surface area contributed by atoms with Crippen molar-refractivity contribution in [3.63, 3.8) is 0 Å². The number of hydrogen-bond acceptors (Lipinski definition) is 2. The summed E-state index contributed by atoms with van der Waals surface area (Å²) >= 11 is 0. The number of rotatable bonds is 8. The molecular weight excluding hydrogens is 467 g/mol. The van der Waals surface area contributed by atoms with Crippen molar-refractivity contribution in [1.29, 1.82) is 0 Å². The molecule has 1 N–H and O–H groups in total. The Kier molecular flexibility index (Phi) is 12.4. The van der Waals surface area contributed by atoms with E-state index in [-0.39, 0.29) is 0 Å². The van der Waals surface area contributed by atoms with Crippen molar-refractivity contribution in [2.24, 2.45) is 0 Å². The molecule has 4 aromatic carbocycles. The molecule has 0 aliphatic heterocycles. The molecule has 202 valence electrons. The van der Waals surface area contributed by atoms with Crippen LogP contribution in [0.15, 0.2) is 97.1 Å². The first-order valence-electron chi connectivity index (χ1n) is 14.2. The van der Waals surface area contributed by atoms with Gasteiger partial charge in [0.05, 0.1) is 8.52 Å². The van der Waals surface area contributed by atoms with E-state index in [2.05, 4.69) is 131 Å². The van der Waals surface area contributed by atoms with Crippen molar-refractivity contribution in [1.82, 2.24) is 0 Å². The second-order valence-corrected chi connectivity index (χ2v) is 9.80. The second-order valence-electron chi connectivity index (χ2n) is 9.80. The van der Waals surface area contributed by atoms with Crippen molar-refractivity contribution in [3.05, 3.63) is 119 Å². The van der Waals surface area contributed by atoms with Gasteiger partial charge < -0.3 is 10.2 Å². The quantitative estimate of drug-likeness (QED) is 0.252. The van der Waals surface area contributed by atoms with Gasteiger partial charge >= 0.3 is 0 Å². The number of para-hydroxylation sites is 2. The molecule has 4 aromatic rings. The normalized spacial score (nSPS) is 11.2. The molecular formula is C35H45FN2. The predicted molar refractivity (Wildman–Crippen MR) is 166 cm³/mol. The van der Waals surface area contributed by atoms with Gasteiger partial charge in [0.2, 0.25) is 0 Å². The molecule has 0 bridgehead atoms. The number of unbranched alkanes of at least 4 members (excludes halogenated alkanes) is 1. The Morgan fingerprint density at radius 3 is 1.89 bits per heavy atom. The summed E-state index contributed by atoms with van der Waals surface area (Å²) in [5.74, 6) is 0. The van der Waals surface area contributed by atoms with Crippen LogP contribution in [-0.2, 0) is 0 Å². The number of nitrogens with one attached hydrogen (secondary N) is 1. The molecule has 0 aliphatic carbocycles. The average Bonchev–Trinajstić information content (AvgIpc) is 2.92. The SMILES string of the molecule is CCCCC(C)N(c1ccccc1)c1ccc(C)cc1C.Cc1ccc(Nc2ccccc2)c(C)c1.[2H]CF. The lowest BCUT2D eigenvalue weighted by molar-refractivity contribution is 0.602. The Bertz CT molecular complexity index is 1230.